The lowest BCUT2D eigenvalue weighted by Crippen LogP contribution is -2.23. The van der Waals surface area contributed by atoms with Gasteiger partial charge in [-0.2, -0.15) is 0 Å². The van der Waals surface area contributed by atoms with Gasteiger partial charge >= 0.3 is 5.97 Å². The molecule has 2 heterocycles. The average molecular weight is 380 g/mol. The molecule has 0 amide bonds. The zero-order chi connectivity index (χ0) is 19.8. The largest absolute Gasteiger partial charge is 0.481 e. The first-order chi connectivity index (χ1) is 13.5. The van der Waals surface area contributed by atoms with Gasteiger partial charge in [-0.3, -0.25) is 4.79 Å². The molecule has 6 nitrogen and oxygen atoms in total. The Kier molecular flexibility index (Phi) is 4.43. The number of Topliss-reactive ketones (excluding diaryl/α,β-unsaturated/α-hetero) is 1. The van der Waals surface area contributed by atoms with Crippen LogP contribution in [0.3, 0.4) is 0 Å². The van der Waals surface area contributed by atoms with Gasteiger partial charge < -0.3 is 14.5 Å². The molecule has 7 heteroatoms. The summed E-state index contributed by atoms with van der Waals surface area (Å²) < 4.78 is 24.4. The van der Waals surface area contributed by atoms with Crippen LogP contribution in [0, 0.1) is 5.82 Å². The van der Waals surface area contributed by atoms with Crippen LogP contribution in [-0.2, 0) is 9.53 Å². The van der Waals surface area contributed by atoms with E-state index in [-0.39, 0.29) is 35.1 Å². The Balaban J connectivity index is 1.94. The number of methoxy groups -OCH3 is 1. The van der Waals surface area contributed by atoms with Crippen LogP contribution < -0.4 is 4.74 Å². The number of benzene rings is 1. The molecule has 0 fully saturated rings. The molecule has 0 spiro atoms. The Morgan fingerprint density at radius 3 is 2.86 bits per heavy atom. The fourth-order valence-electron chi connectivity index (χ4n) is 3.47. The Morgan fingerprint density at radius 1 is 1.29 bits per heavy atom. The van der Waals surface area contributed by atoms with Crippen LogP contribution in [0.4, 0.5) is 4.39 Å². The van der Waals surface area contributed by atoms with E-state index in [1.54, 1.807) is 31.3 Å². The van der Waals surface area contributed by atoms with E-state index < -0.39 is 17.7 Å². The SMILES string of the molecule is CCOC(=O)C1=CC(c2cc(F)cc3[nH]ccc23)C(=O)c2ccc(OC)nc21. The van der Waals surface area contributed by atoms with Crippen molar-refractivity contribution in [3.8, 4) is 5.88 Å². The van der Waals surface area contributed by atoms with Gasteiger partial charge in [-0.25, -0.2) is 14.2 Å². The number of rotatable bonds is 4. The molecular weight excluding hydrogens is 363 g/mol. The molecule has 0 bridgehead atoms. The minimum absolute atomic E-state index is 0.160. The van der Waals surface area contributed by atoms with Crippen LogP contribution in [0.15, 0.2) is 42.6 Å². The lowest BCUT2D eigenvalue weighted by atomic mass is 9.81. The highest BCUT2D eigenvalue weighted by molar-refractivity contribution is 6.23. The maximum Gasteiger partial charge on any atom is 0.340 e. The monoisotopic (exact) mass is 380 g/mol. The van der Waals surface area contributed by atoms with Gasteiger partial charge in [-0.05, 0) is 36.8 Å². The topological polar surface area (TPSA) is 81.3 Å². The molecule has 2 aromatic heterocycles. The molecule has 3 aromatic rings. The highest BCUT2D eigenvalue weighted by Crippen LogP contribution is 2.38. The van der Waals surface area contributed by atoms with Gasteiger partial charge in [0.25, 0.3) is 0 Å². The summed E-state index contributed by atoms with van der Waals surface area (Å²) in [6.07, 6.45) is 3.17. The summed E-state index contributed by atoms with van der Waals surface area (Å²) >= 11 is 0. The first-order valence-electron chi connectivity index (χ1n) is 8.78. The van der Waals surface area contributed by atoms with Crippen LogP contribution in [-0.4, -0.2) is 35.4 Å². The van der Waals surface area contributed by atoms with Gasteiger partial charge in [0.2, 0.25) is 5.88 Å². The summed E-state index contributed by atoms with van der Waals surface area (Å²) in [4.78, 5) is 33.0. The van der Waals surface area contributed by atoms with Gasteiger partial charge in [0.1, 0.15) is 5.82 Å². The molecule has 4 rings (SSSR count). The van der Waals surface area contributed by atoms with Gasteiger partial charge in [-0.15, -0.1) is 0 Å². The number of nitrogens with one attached hydrogen (secondary N) is 1. The van der Waals surface area contributed by atoms with Crippen LogP contribution in [0.1, 0.15) is 34.5 Å². The number of halogens is 1. The van der Waals surface area contributed by atoms with Crippen molar-refractivity contribution < 1.29 is 23.5 Å². The molecule has 1 unspecified atom stereocenters. The minimum atomic E-state index is -0.837. The van der Waals surface area contributed by atoms with E-state index in [1.807, 2.05) is 0 Å². The third-order valence-corrected chi connectivity index (χ3v) is 4.71. The summed E-state index contributed by atoms with van der Waals surface area (Å²) in [5.74, 6) is -1.90. The second kappa shape index (κ2) is 6.92. The lowest BCUT2D eigenvalue weighted by Gasteiger charge is -2.23. The first kappa shape index (κ1) is 17.9. The lowest BCUT2D eigenvalue weighted by molar-refractivity contribution is -0.136. The highest BCUT2D eigenvalue weighted by atomic mass is 19.1. The van der Waals surface area contributed by atoms with E-state index in [9.17, 15) is 14.0 Å². The summed E-state index contributed by atoms with van der Waals surface area (Å²) in [6.45, 7) is 1.87. The zero-order valence-corrected chi connectivity index (χ0v) is 15.3. The van der Waals surface area contributed by atoms with Gasteiger partial charge in [-0.1, -0.05) is 6.08 Å². The molecule has 0 saturated heterocycles. The van der Waals surface area contributed by atoms with E-state index in [1.165, 1.54) is 25.3 Å². The number of carbonyl (C=O) groups is 2. The molecule has 0 radical (unpaired) electrons. The number of H-pyrrole nitrogens is 1. The number of hydrogen-bond donors (Lipinski definition) is 1. The maximum atomic E-state index is 14.2. The van der Waals surface area contributed by atoms with Crippen molar-refractivity contribution in [3.63, 3.8) is 0 Å². The zero-order valence-electron chi connectivity index (χ0n) is 15.3. The van der Waals surface area contributed by atoms with E-state index in [4.69, 9.17) is 9.47 Å². The number of ether oxygens (including phenoxy) is 2. The third kappa shape index (κ3) is 2.85. The first-order valence-corrected chi connectivity index (χ1v) is 8.78. The number of aromatic amines is 1. The number of carbonyl (C=O) groups excluding carboxylic acids is 2. The predicted octanol–water partition coefficient (Wildman–Crippen LogP) is 3.64. The summed E-state index contributed by atoms with van der Waals surface area (Å²) in [5.41, 5.74) is 1.69. The number of nitrogens with zero attached hydrogens (tertiary/aromatic N) is 1. The number of hydrogen-bond acceptors (Lipinski definition) is 5. The molecule has 28 heavy (non-hydrogen) atoms. The summed E-state index contributed by atoms with van der Waals surface area (Å²) in [6, 6.07) is 7.58. The number of allylic oxidation sites excluding steroid dienone is 1. The third-order valence-electron chi connectivity index (χ3n) is 4.71. The summed E-state index contributed by atoms with van der Waals surface area (Å²) in [5, 5.41) is 0.712. The molecular formula is C21H17FN2O4. The fraction of sp³-hybridized carbons (Fsp3) is 0.190. The quantitative estimate of drug-likeness (QED) is 0.699. The van der Waals surface area contributed by atoms with Crippen molar-refractivity contribution in [1.29, 1.82) is 0 Å². The molecule has 0 saturated carbocycles. The second-order valence-corrected chi connectivity index (χ2v) is 6.33. The van der Waals surface area contributed by atoms with E-state index in [2.05, 4.69) is 9.97 Å². The van der Waals surface area contributed by atoms with Crippen molar-refractivity contribution in [2.24, 2.45) is 0 Å². The van der Waals surface area contributed by atoms with E-state index in [0.717, 1.165) is 0 Å². The Bertz CT molecular complexity index is 1130. The normalized spacial score (nSPS) is 15.9. The number of ketones is 1. The number of esters is 1. The fourth-order valence-corrected chi connectivity index (χ4v) is 3.47. The molecule has 142 valence electrons. The standard InChI is InChI=1S/C21H17FN2O4/c1-3-28-21(26)16-10-15(14-8-11(22)9-17-12(14)6-7-23-17)20(25)13-4-5-18(27-2)24-19(13)16/h4-10,15,23H,3H2,1-2H3. The van der Waals surface area contributed by atoms with Crippen LogP contribution in [0.5, 0.6) is 5.88 Å². The molecule has 1 atom stereocenters. The van der Waals surface area contributed by atoms with Crippen molar-refractivity contribution in [1.82, 2.24) is 9.97 Å². The maximum absolute atomic E-state index is 14.2. The highest BCUT2D eigenvalue weighted by Gasteiger charge is 2.34. The Labute approximate surface area is 160 Å². The number of aromatic nitrogens is 2. The van der Waals surface area contributed by atoms with Crippen LogP contribution in [0.2, 0.25) is 0 Å². The van der Waals surface area contributed by atoms with Crippen molar-refractivity contribution in [2.75, 3.05) is 13.7 Å². The molecule has 1 aliphatic rings. The van der Waals surface area contributed by atoms with Gasteiger partial charge in [0, 0.05) is 28.7 Å². The Hall–Kier alpha value is -3.48. The van der Waals surface area contributed by atoms with Gasteiger partial charge in [0.05, 0.1) is 30.9 Å². The molecule has 0 aliphatic heterocycles. The second-order valence-electron chi connectivity index (χ2n) is 6.33. The number of pyridine rings is 1. The Morgan fingerprint density at radius 2 is 2.11 bits per heavy atom. The van der Waals surface area contributed by atoms with Crippen LogP contribution >= 0.6 is 0 Å². The smallest absolute Gasteiger partial charge is 0.340 e. The van der Waals surface area contributed by atoms with Crippen molar-refractivity contribution in [2.45, 2.75) is 12.8 Å². The molecule has 1 aromatic carbocycles. The molecule has 1 N–H and O–H groups in total. The minimum Gasteiger partial charge on any atom is -0.481 e. The van der Waals surface area contributed by atoms with Crippen molar-refractivity contribution >= 4 is 28.2 Å². The van der Waals surface area contributed by atoms with Crippen molar-refractivity contribution in [3.05, 3.63) is 65.2 Å². The number of fused-ring (bicyclic) bond motifs is 2. The summed E-state index contributed by atoms with van der Waals surface area (Å²) in [7, 11) is 1.45. The average Bonchev–Trinajstić information content (AvgIpc) is 3.16. The van der Waals surface area contributed by atoms with Crippen LogP contribution in [0.25, 0.3) is 16.5 Å². The van der Waals surface area contributed by atoms with Gasteiger partial charge in [0.15, 0.2) is 5.78 Å². The molecule has 1 aliphatic carbocycles. The van der Waals surface area contributed by atoms with E-state index in [0.29, 0.717) is 16.5 Å². The van der Waals surface area contributed by atoms with E-state index >= 15 is 0 Å². The predicted molar refractivity (Wildman–Crippen MR) is 101 cm³/mol.